The van der Waals surface area contributed by atoms with E-state index in [1.165, 1.54) is 13.0 Å². The maximum absolute atomic E-state index is 5.63. The first kappa shape index (κ1) is 10.4. The third-order valence-corrected chi connectivity index (χ3v) is 2.82. The molecule has 1 aliphatic rings. The molecule has 0 amide bonds. The van der Waals surface area contributed by atoms with Gasteiger partial charge in [-0.15, -0.1) is 0 Å². The van der Waals surface area contributed by atoms with Crippen molar-refractivity contribution < 1.29 is 4.74 Å². The highest BCUT2D eigenvalue weighted by atomic mass is 32.2. The van der Waals surface area contributed by atoms with Gasteiger partial charge >= 0.3 is 0 Å². The van der Waals surface area contributed by atoms with Crippen molar-refractivity contribution in [1.82, 2.24) is 4.90 Å². The van der Waals surface area contributed by atoms with E-state index in [2.05, 4.69) is 18.1 Å². The highest BCUT2D eigenvalue weighted by Crippen LogP contribution is 2.09. The first-order chi connectivity index (χ1) is 5.86. The molecule has 0 radical (unpaired) electrons. The van der Waals surface area contributed by atoms with E-state index in [1.54, 1.807) is 0 Å². The van der Waals surface area contributed by atoms with Crippen molar-refractivity contribution in [3.63, 3.8) is 0 Å². The van der Waals surface area contributed by atoms with Crippen molar-refractivity contribution in [2.45, 2.75) is 19.4 Å². The van der Waals surface area contributed by atoms with Crippen molar-refractivity contribution >= 4 is 11.8 Å². The normalized spacial score (nSPS) is 26.0. The molecule has 0 N–H and O–H groups in total. The van der Waals surface area contributed by atoms with Crippen LogP contribution in [0.25, 0.3) is 0 Å². The first-order valence-electron chi connectivity index (χ1n) is 4.69. The van der Waals surface area contributed by atoms with Gasteiger partial charge in [-0.1, -0.05) is 6.92 Å². The smallest absolute Gasteiger partial charge is 0.0792 e. The Morgan fingerprint density at radius 3 is 3.08 bits per heavy atom. The lowest BCUT2D eigenvalue weighted by Crippen LogP contribution is -2.43. The van der Waals surface area contributed by atoms with Crippen LogP contribution in [0.2, 0.25) is 0 Å². The second-order valence-electron chi connectivity index (χ2n) is 3.25. The molecule has 0 spiro atoms. The maximum atomic E-state index is 5.63. The molecule has 0 aromatic carbocycles. The van der Waals surface area contributed by atoms with Gasteiger partial charge in [0.2, 0.25) is 0 Å². The van der Waals surface area contributed by atoms with E-state index < -0.39 is 0 Å². The SMILES string of the molecule is CCCN1CCOC(CSC)C1. The Kier molecular flexibility index (Phi) is 5.04. The van der Waals surface area contributed by atoms with Gasteiger partial charge in [-0.2, -0.15) is 11.8 Å². The van der Waals surface area contributed by atoms with Crippen LogP contribution in [0.4, 0.5) is 0 Å². The Balaban J connectivity index is 2.20. The fourth-order valence-electron chi connectivity index (χ4n) is 1.59. The number of hydrogen-bond donors (Lipinski definition) is 0. The Morgan fingerprint density at radius 2 is 2.42 bits per heavy atom. The molecule has 1 atom stereocenters. The molecule has 0 aliphatic carbocycles. The topological polar surface area (TPSA) is 12.5 Å². The largest absolute Gasteiger partial charge is 0.375 e. The van der Waals surface area contributed by atoms with Gasteiger partial charge < -0.3 is 4.74 Å². The Hall–Kier alpha value is 0.270. The third-order valence-electron chi connectivity index (χ3n) is 2.12. The molecular weight excluding hydrogens is 170 g/mol. The van der Waals surface area contributed by atoms with Gasteiger partial charge in [0, 0.05) is 18.8 Å². The van der Waals surface area contributed by atoms with E-state index >= 15 is 0 Å². The summed E-state index contributed by atoms with van der Waals surface area (Å²) < 4.78 is 5.63. The molecule has 1 unspecified atom stereocenters. The minimum atomic E-state index is 0.472. The molecule has 1 fully saturated rings. The first-order valence-corrected chi connectivity index (χ1v) is 6.09. The Labute approximate surface area is 79.6 Å². The summed E-state index contributed by atoms with van der Waals surface area (Å²) in [7, 11) is 0. The van der Waals surface area contributed by atoms with Gasteiger partial charge in [-0.05, 0) is 19.2 Å². The van der Waals surface area contributed by atoms with Crippen LogP contribution in [0, 0.1) is 0 Å². The van der Waals surface area contributed by atoms with Crippen molar-refractivity contribution in [3.8, 4) is 0 Å². The van der Waals surface area contributed by atoms with Crippen LogP contribution in [0.5, 0.6) is 0 Å². The molecule has 1 rings (SSSR count). The lowest BCUT2D eigenvalue weighted by Gasteiger charge is -2.32. The molecule has 1 aliphatic heterocycles. The van der Waals surface area contributed by atoms with Crippen LogP contribution in [0.15, 0.2) is 0 Å². The van der Waals surface area contributed by atoms with Gasteiger partial charge in [-0.3, -0.25) is 4.90 Å². The fourth-order valence-corrected chi connectivity index (χ4v) is 2.16. The summed E-state index contributed by atoms with van der Waals surface area (Å²) in [4.78, 5) is 2.50. The molecule has 0 aromatic heterocycles. The van der Waals surface area contributed by atoms with Crippen LogP contribution in [0.1, 0.15) is 13.3 Å². The quantitative estimate of drug-likeness (QED) is 0.664. The van der Waals surface area contributed by atoms with Crippen LogP contribution in [-0.2, 0) is 4.74 Å². The number of ether oxygens (including phenoxy) is 1. The molecule has 0 saturated carbocycles. The number of hydrogen-bond acceptors (Lipinski definition) is 3. The Bertz CT molecular complexity index is 105. The number of morpholine rings is 1. The molecule has 72 valence electrons. The average Bonchev–Trinajstić information content (AvgIpc) is 2.06. The van der Waals surface area contributed by atoms with E-state index in [-0.39, 0.29) is 0 Å². The number of thioether (sulfide) groups is 1. The third kappa shape index (κ3) is 3.33. The van der Waals surface area contributed by atoms with Gasteiger partial charge in [0.05, 0.1) is 12.7 Å². The molecule has 2 nitrogen and oxygen atoms in total. The summed E-state index contributed by atoms with van der Waals surface area (Å²) in [5.41, 5.74) is 0. The average molecular weight is 189 g/mol. The van der Waals surface area contributed by atoms with Crippen molar-refractivity contribution in [2.75, 3.05) is 38.2 Å². The van der Waals surface area contributed by atoms with E-state index in [9.17, 15) is 0 Å². The van der Waals surface area contributed by atoms with E-state index in [0.717, 1.165) is 25.4 Å². The van der Waals surface area contributed by atoms with Crippen molar-refractivity contribution in [2.24, 2.45) is 0 Å². The number of rotatable bonds is 4. The predicted octanol–water partition coefficient (Wildman–Crippen LogP) is 1.46. The van der Waals surface area contributed by atoms with Gasteiger partial charge in [0.1, 0.15) is 0 Å². The highest BCUT2D eigenvalue weighted by molar-refractivity contribution is 7.98. The van der Waals surface area contributed by atoms with Gasteiger partial charge in [-0.25, -0.2) is 0 Å². The van der Waals surface area contributed by atoms with E-state index in [1.807, 2.05) is 11.8 Å². The second-order valence-corrected chi connectivity index (χ2v) is 4.16. The molecule has 1 heterocycles. The molecule has 0 bridgehead atoms. The van der Waals surface area contributed by atoms with Crippen molar-refractivity contribution in [3.05, 3.63) is 0 Å². The van der Waals surface area contributed by atoms with E-state index in [0.29, 0.717) is 6.10 Å². The zero-order valence-electron chi connectivity index (χ0n) is 8.08. The zero-order valence-corrected chi connectivity index (χ0v) is 8.90. The summed E-state index contributed by atoms with van der Waals surface area (Å²) in [6.45, 7) is 6.64. The monoisotopic (exact) mass is 189 g/mol. The van der Waals surface area contributed by atoms with Crippen LogP contribution in [-0.4, -0.2) is 49.3 Å². The van der Waals surface area contributed by atoms with Gasteiger partial charge in [0.15, 0.2) is 0 Å². The van der Waals surface area contributed by atoms with Crippen LogP contribution >= 0.6 is 11.8 Å². The summed E-state index contributed by atoms with van der Waals surface area (Å²) >= 11 is 1.88. The van der Waals surface area contributed by atoms with Crippen molar-refractivity contribution in [1.29, 1.82) is 0 Å². The predicted molar refractivity (Wildman–Crippen MR) is 54.9 cm³/mol. The lowest BCUT2D eigenvalue weighted by molar-refractivity contribution is -0.0154. The summed E-state index contributed by atoms with van der Waals surface area (Å²) in [5.74, 6) is 1.14. The van der Waals surface area contributed by atoms with Crippen LogP contribution in [0.3, 0.4) is 0 Å². The Morgan fingerprint density at radius 1 is 1.58 bits per heavy atom. The maximum Gasteiger partial charge on any atom is 0.0792 e. The van der Waals surface area contributed by atoms with E-state index in [4.69, 9.17) is 4.74 Å². The lowest BCUT2D eigenvalue weighted by atomic mass is 10.3. The number of nitrogens with zero attached hydrogens (tertiary/aromatic N) is 1. The molecule has 3 heteroatoms. The van der Waals surface area contributed by atoms with Crippen LogP contribution < -0.4 is 0 Å². The molecule has 12 heavy (non-hydrogen) atoms. The summed E-state index contributed by atoms with van der Waals surface area (Å²) in [6, 6.07) is 0. The summed E-state index contributed by atoms with van der Waals surface area (Å²) in [5, 5.41) is 0. The fraction of sp³-hybridized carbons (Fsp3) is 1.00. The highest BCUT2D eigenvalue weighted by Gasteiger charge is 2.18. The minimum absolute atomic E-state index is 0.472. The molecule has 1 saturated heterocycles. The second kappa shape index (κ2) is 5.84. The molecule has 0 aromatic rings. The van der Waals surface area contributed by atoms with Gasteiger partial charge in [0.25, 0.3) is 0 Å². The summed E-state index contributed by atoms with van der Waals surface area (Å²) in [6.07, 6.45) is 3.87. The zero-order chi connectivity index (χ0) is 8.81. The standard InChI is InChI=1S/C9H19NOS/c1-3-4-10-5-6-11-9(7-10)8-12-2/h9H,3-8H2,1-2H3. The molecular formula is C9H19NOS. The minimum Gasteiger partial charge on any atom is -0.375 e.